The van der Waals surface area contributed by atoms with Crippen molar-refractivity contribution in [1.82, 2.24) is 4.90 Å². The Morgan fingerprint density at radius 3 is 2.44 bits per heavy atom. The van der Waals surface area contributed by atoms with Crippen LogP contribution in [0.5, 0.6) is 5.75 Å². The summed E-state index contributed by atoms with van der Waals surface area (Å²) in [5.74, 6) is 4.50. The molecular formula is C31H31N3O4S. The normalized spacial score (nSPS) is 15.4. The van der Waals surface area contributed by atoms with E-state index in [0.717, 1.165) is 16.3 Å². The number of nitrogen functional groups attached to an aromatic ring is 1. The minimum Gasteiger partial charge on any atom is -0.490 e. The first-order chi connectivity index (χ1) is 18.8. The van der Waals surface area contributed by atoms with Gasteiger partial charge in [0.25, 0.3) is 0 Å². The van der Waals surface area contributed by atoms with Crippen LogP contribution in [0.4, 0.5) is 10.5 Å². The molecule has 1 saturated heterocycles. The van der Waals surface area contributed by atoms with Crippen LogP contribution in [0.25, 0.3) is 10.8 Å². The molecule has 4 aromatic carbocycles. The lowest BCUT2D eigenvalue weighted by atomic mass is 10.1. The van der Waals surface area contributed by atoms with Gasteiger partial charge in [-0.25, -0.2) is 4.79 Å². The highest BCUT2D eigenvalue weighted by atomic mass is 32.2. The molecule has 1 atom stereocenters. The molecule has 3 N–H and O–H groups in total. The first-order valence-electron chi connectivity index (χ1n) is 12.8. The van der Waals surface area contributed by atoms with Crippen molar-refractivity contribution in [2.45, 2.75) is 30.4 Å². The Kier molecular flexibility index (Phi) is 7.56. The average Bonchev–Trinajstić information content (AvgIpc) is 2.97. The number of ether oxygens (including phenoxy) is 2. The summed E-state index contributed by atoms with van der Waals surface area (Å²) in [5, 5.41) is 10.4. The van der Waals surface area contributed by atoms with Crippen LogP contribution in [-0.2, 0) is 20.9 Å². The number of benzene rings is 4. The Hall–Kier alpha value is -4.30. The summed E-state index contributed by atoms with van der Waals surface area (Å²) < 4.78 is 25.6. The van der Waals surface area contributed by atoms with E-state index in [4.69, 9.17) is 20.6 Å². The van der Waals surface area contributed by atoms with Crippen molar-refractivity contribution >= 4 is 43.0 Å². The molecule has 1 unspecified atom stereocenters. The van der Waals surface area contributed by atoms with E-state index in [1.54, 1.807) is 29.2 Å². The highest BCUT2D eigenvalue weighted by Crippen LogP contribution is 2.30. The number of rotatable bonds is 6. The molecule has 1 heterocycles. The van der Waals surface area contributed by atoms with Crippen molar-refractivity contribution in [3.8, 4) is 5.75 Å². The predicted molar refractivity (Wildman–Crippen MR) is 157 cm³/mol. The van der Waals surface area contributed by atoms with E-state index in [0.29, 0.717) is 47.8 Å². The third-order valence-electron chi connectivity index (χ3n) is 6.91. The molecule has 0 spiro atoms. The van der Waals surface area contributed by atoms with E-state index in [1.807, 2.05) is 66.7 Å². The van der Waals surface area contributed by atoms with Crippen LogP contribution in [-0.4, -0.2) is 45.3 Å². The van der Waals surface area contributed by atoms with Gasteiger partial charge < -0.3 is 20.1 Å². The number of amides is 1. The van der Waals surface area contributed by atoms with Gasteiger partial charge >= 0.3 is 6.09 Å². The average molecular weight is 542 g/mol. The Bertz CT molecular complexity index is 1610. The minimum absolute atomic E-state index is 0.115. The number of nitrogens with one attached hydrogen (secondary N) is 1. The lowest BCUT2D eigenvalue weighted by Gasteiger charge is -2.31. The highest BCUT2D eigenvalue weighted by molar-refractivity contribution is 8.14. The van der Waals surface area contributed by atoms with Crippen LogP contribution in [0.3, 0.4) is 0 Å². The first-order valence-corrected chi connectivity index (χ1v) is 14.5. The van der Waals surface area contributed by atoms with Crippen molar-refractivity contribution in [3.63, 3.8) is 0 Å². The summed E-state index contributed by atoms with van der Waals surface area (Å²) in [6.07, 6.45) is 0.828. The van der Waals surface area contributed by atoms with Gasteiger partial charge in [-0.05, 0) is 46.5 Å². The Morgan fingerprint density at radius 1 is 0.974 bits per heavy atom. The molecule has 1 fully saturated rings. The van der Waals surface area contributed by atoms with Crippen molar-refractivity contribution in [2.75, 3.05) is 18.8 Å². The summed E-state index contributed by atoms with van der Waals surface area (Å²) in [7, 11) is -3.14. The van der Waals surface area contributed by atoms with E-state index in [1.165, 1.54) is 0 Å². The first kappa shape index (κ1) is 26.3. The SMILES string of the molecule is C=S(=O)(C(=N)c1cc(OC2CCN(C(=O)OCc3ccccc3)CC2)ccc1N)c1cccc2ccccc12. The molecule has 0 aliphatic carbocycles. The molecule has 39 heavy (non-hydrogen) atoms. The monoisotopic (exact) mass is 541 g/mol. The maximum Gasteiger partial charge on any atom is 0.410 e. The summed E-state index contributed by atoms with van der Waals surface area (Å²) in [6, 6.07) is 27.8. The molecule has 8 heteroatoms. The highest BCUT2D eigenvalue weighted by Gasteiger charge is 2.26. The number of fused-ring (bicyclic) bond motifs is 1. The fourth-order valence-corrected chi connectivity index (χ4v) is 6.33. The third kappa shape index (κ3) is 5.76. The van der Waals surface area contributed by atoms with E-state index in [2.05, 4.69) is 5.87 Å². The quantitative estimate of drug-likeness (QED) is 0.141. The predicted octanol–water partition coefficient (Wildman–Crippen LogP) is 5.70. The van der Waals surface area contributed by atoms with Gasteiger partial charge in [-0.3, -0.25) is 9.62 Å². The largest absolute Gasteiger partial charge is 0.490 e. The van der Waals surface area contributed by atoms with Gasteiger partial charge in [-0.1, -0.05) is 66.7 Å². The molecule has 1 aliphatic heterocycles. The fourth-order valence-electron chi connectivity index (χ4n) is 4.74. The molecule has 200 valence electrons. The lowest BCUT2D eigenvalue weighted by Crippen LogP contribution is -2.42. The van der Waals surface area contributed by atoms with Crippen molar-refractivity contribution < 1.29 is 18.5 Å². The van der Waals surface area contributed by atoms with Crippen LogP contribution >= 0.6 is 0 Å². The van der Waals surface area contributed by atoms with Crippen LogP contribution in [0.1, 0.15) is 24.0 Å². The van der Waals surface area contributed by atoms with Crippen molar-refractivity contribution in [3.05, 3.63) is 102 Å². The van der Waals surface area contributed by atoms with E-state index >= 15 is 0 Å². The smallest absolute Gasteiger partial charge is 0.410 e. The van der Waals surface area contributed by atoms with Gasteiger partial charge in [0, 0.05) is 51.6 Å². The third-order valence-corrected chi connectivity index (χ3v) is 8.86. The standard InChI is InChI=1S/C31H31N3O4S/c1-39(36,29-13-7-11-23-10-5-6-12-26(23)29)30(33)27-20-25(14-15-28(27)32)38-24-16-18-34(19-17-24)31(35)37-21-22-8-3-2-4-9-22/h2-15,20,24,33H,1,16-19,21,32H2. The van der Waals surface area contributed by atoms with Gasteiger partial charge in [-0.15, -0.1) is 0 Å². The maximum atomic E-state index is 13.9. The fraction of sp³-hybridized carbons (Fsp3) is 0.194. The minimum atomic E-state index is -3.14. The molecule has 0 aromatic heterocycles. The Balaban J connectivity index is 1.24. The number of piperidine rings is 1. The van der Waals surface area contributed by atoms with Gasteiger partial charge in [0.1, 0.15) is 23.5 Å². The number of carbonyl (C=O) groups is 1. The maximum absolute atomic E-state index is 13.9. The number of hydrogen-bond donors (Lipinski definition) is 2. The number of anilines is 1. The van der Waals surface area contributed by atoms with Crippen LogP contribution in [0.2, 0.25) is 0 Å². The van der Waals surface area contributed by atoms with Gasteiger partial charge in [-0.2, -0.15) is 0 Å². The second-order valence-electron chi connectivity index (χ2n) is 9.58. The van der Waals surface area contributed by atoms with Crippen LogP contribution in [0.15, 0.2) is 95.9 Å². The molecule has 0 bridgehead atoms. The van der Waals surface area contributed by atoms with Crippen LogP contribution in [0, 0.1) is 5.41 Å². The Labute approximate surface area is 228 Å². The molecule has 5 rings (SSSR count). The molecule has 1 aliphatic rings. The van der Waals surface area contributed by atoms with Gasteiger partial charge in [0.2, 0.25) is 0 Å². The van der Waals surface area contributed by atoms with Gasteiger partial charge in [0.05, 0.1) is 0 Å². The van der Waals surface area contributed by atoms with E-state index in [-0.39, 0.29) is 23.8 Å². The molecular weight excluding hydrogens is 510 g/mol. The molecule has 0 radical (unpaired) electrons. The van der Waals surface area contributed by atoms with Crippen LogP contribution < -0.4 is 10.5 Å². The van der Waals surface area contributed by atoms with Crippen molar-refractivity contribution in [1.29, 1.82) is 5.41 Å². The summed E-state index contributed by atoms with van der Waals surface area (Å²) in [6.45, 7) is 1.28. The van der Waals surface area contributed by atoms with Crippen molar-refractivity contribution in [2.24, 2.45) is 0 Å². The number of carbonyl (C=O) groups excluding carboxylic acids is 1. The number of nitrogens with two attached hydrogens (primary N) is 1. The molecule has 0 saturated carbocycles. The molecule has 7 nitrogen and oxygen atoms in total. The lowest BCUT2D eigenvalue weighted by molar-refractivity contribution is 0.0638. The van der Waals surface area contributed by atoms with E-state index < -0.39 is 9.52 Å². The second kappa shape index (κ2) is 11.2. The summed E-state index contributed by atoms with van der Waals surface area (Å²) in [4.78, 5) is 14.7. The number of likely N-dealkylation sites (tertiary alicyclic amines) is 1. The zero-order valence-corrected chi connectivity index (χ0v) is 22.4. The van der Waals surface area contributed by atoms with Gasteiger partial charge in [0.15, 0.2) is 0 Å². The second-order valence-corrected chi connectivity index (χ2v) is 11.8. The summed E-state index contributed by atoms with van der Waals surface area (Å²) in [5.41, 5.74) is 7.84. The number of hydrogen-bond acceptors (Lipinski definition) is 6. The Morgan fingerprint density at radius 2 is 1.67 bits per heavy atom. The van der Waals surface area contributed by atoms with E-state index in [9.17, 15) is 9.00 Å². The zero-order valence-electron chi connectivity index (χ0n) is 21.5. The zero-order chi connectivity index (χ0) is 27.4. The number of nitrogens with zero attached hydrogens (tertiary/aromatic N) is 1. The summed E-state index contributed by atoms with van der Waals surface area (Å²) >= 11 is 0. The molecule has 1 amide bonds. The topological polar surface area (TPSA) is 106 Å². The molecule has 4 aromatic rings.